The maximum atomic E-state index is 5.23. The van der Waals surface area contributed by atoms with Crippen molar-refractivity contribution in [1.29, 1.82) is 0 Å². The third kappa shape index (κ3) is 1.72. The molecule has 4 heteroatoms. The van der Waals surface area contributed by atoms with Crippen LogP contribution in [0.25, 0.3) is 16.8 Å². The molecule has 0 radical (unpaired) electrons. The molecule has 0 aliphatic carbocycles. The van der Waals surface area contributed by atoms with E-state index in [0.29, 0.717) is 0 Å². The number of ether oxygens (including phenoxy) is 1. The van der Waals surface area contributed by atoms with Gasteiger partial charge in [-0.2, -0.15) is 0 Å². The van der Waals surface area contributed by atoms with E-state index in [1.54, 1.807) is 13.4 Å². The molecule has 2 heterocycles. The third-order valence-electron chi connectivity index (χ3n) is 2.95. The molecule has 0 N–H and O–H groups in total. The number of hydrogen-bond acceptors (Lipinski definition) is 3. The summed E-state index contributed by atoms with van der Waals surface area (Å²) in [5.74, 6) is 0.831. The molecule has 4 nitrogen and oxygen atoms in total. The zero-order chi connectivity index (χ0) is 12.5. The van der Waals surface area contributed by atoms with Crippen molar-refractivity contribution >= 4 is 5.52 Å². The van der Waals surface area contributed by atoms with Crippen molar-refractivity contribution in [2.24, 2.45) is 0 Å². The lowest BCUT2D eigenvalue weighted by atomic mass is 10.1. The molecule has 1 aromatic carbocycles. The lowest BCUT2D eigenvalue weighted by molar-refractivity contribution is 0.415. The molecule has 0 aliphatic heterocycles. The fraction of sp³-hybridized carbons (Fsp3) is 0.143. The minimum absolute atomic E-state index is 0.831. The van der Waals surface area contributed by atoms with E-state index >= 15 is 0 Å². The summed E-state index contributed by atoms with van der Waals surface area (Å²) in [7, 11) is 1.66. The van der Waals surface area contributed by atoms with Gasteiger partial charge in [0.15, 0.2) is 0 Å². The Morgan fingerprint density at radius 2 is 2.17 bits per heavy atom. The van der Waals surface area contributed by atoms with Crippen LogP contribution in [0.3, 0.4) is 0 Å². The van der Waals surface area contributed by atoms with Gasteiger partial charge in [-0.15, -0.1) is 0 Å². The van der Waals surface area contributed by atoms with Gasteiger partial charge in [0.1, 0.15) is 5.75 Å². The van der Waals surface area contributed by atoms with E-state index in [2.05, 4.69) is 9.97 Å². The molecule has 0 fully saturated rings. The van der Waals surface area contributed by atoms with Gasteiger partial charge in [-0.1, -0.05) is 12.1 Å². The smallest absolute Gasteiger partial charge is 0.119 e. The summed E-state index contributed by atoms with van der Waals surface area (Å²) in [5, 5.41) is 0. The molecule has 3 aromatic rings. The average Bonchev–Trinajstić information content (AvgIpc) is 2.87. The molecular weight excluding hydrogens is 226 g/mol. The van der Waals surface area contributed by atoms with Crippen molar-refractivity contribution in [2.45, 2.75) is 6.92 Å². The Morgan fingerprint density at radius 1 is 1.28 bits per heavy atom. The van der Waals surface area contributed by atoms with E-state index in [4.69, 9.17) is 4.74 Å². The summed E-state index contributed by atoms with van der Waals surface area (Å²) in [6, 6.07) is 7.88. The van der Waals surface area contributed by atoms with Crippen molar-refractivity contribution in [1.82, 2.24) is 14.4 Å². The predicted molar refractivity (Wildman–Crippen MR) is 69.7 cm³/mol. The Balaban J connectivity index is 2.18. The van der Waals surface area contributed by atoms with E-state index in [1.165, 1.54) is 0 Å². The number of rotatable bonds is 2. The van der Waals surface area contributed by atoms with E-state index in [-0.39, 0.29) is 0 Å². The second kappa shape index (κ2) is 4.14. The molecule has 18 heavy (non-hydrogen) atoms. The summed E-state index contributed by atoms with van der Waals surface area (Å²) < 4.78 is 7.22. The van der Waals surface area contributed by atoms with Crippen molar-refractivity contribution in [3.05, 3.63) is 48.7 Å². The molecule has 2 aromatic heterocycles. The van der Waals surface area contributed by atoms with Gasteiger partial charge in [0.2, 0.25) is 0 Å². The summed E-state index contributed by atoms with van der Waals surface area (Å²) >= 11 is 0. The summed E-state index contributed by atoms with van der Waals surface area (Å²) in [6.07, 6.45) is 5.58. The Labute approximate surface area is 105 Å². The summed E-state index contributed by atoms with van der Waals surface area (Å²) in [4.78, 5) is 8.73. The Bertz CT molecular complexity index is 703. The van der Waals surface area contributed by atoms with Crippen molar-refractivity contribution in [2.75, 3.05) is 7.11 Å². The molecule has 0 unspecified atom stereocenters. The molecule has 0 spiro atoms. The largest absolute Gasteiger partial charge is 0.497 e. The Morgan fingerprint density at radius 3 is 3.00 bits per heavy atom. The number of aromatic nitrogens is 3. The molecule has 0 saturated carbocycles. The average molecular weight is 239 g/mol. The van der Waals surface area contributed by atoms with Gasteiger partial charge in [0.05, 0.1) is 36.5 Å². The maximum absolute atomic E-state index is 5.23. The first-order valence-electron chi connectivity index (χ1n) is 5.71. The number of fused-ring (bicyclic) bond motifs is 1. The first-order valence-corrected chi connectivity index (χ1v) is 5.71. The first-order chi connectivity index (χ1) is 8.78. The van der Waals surface area contributed by atoms with Crippen molar-refractivity contribution in [3.63, 3.8) is 0 Å². The van der Waals surface area contributed by atoms with E-state index in [1.807, 2.05) is 48.0 Å². The Hall–Kier alpha value is -2.36. The van der Waals surface area contributed by atoms with Crippen LogP contribution >= 0.6 is 0 Å². The second-order valence-corrected chi connectivity index (χ2v) is 4.13. The van der Waals surface area contributed by atoms with Crippen molar-refractivity contribution in [3.8, 4) is 17.0 Å². The van der Waals surface area contributed by atoms with Gasteiger partial charge >= 0.3 is 0 Å². The van der Waals surface area contributed by atoms with E-state index < -0.39 is 0 Å². The van der Waals surface area contributed by atoms with Crippen LogP contribution in [0.1, 0.15) is 5.69 Å². The highest BCUT2D eigenvalue weighted by atomic mass is 16.5. The zero-order valence-electron chi connectivity index (χ0n) is 10.3. The van der Waals surface area contributed by atoms with Crippen LogP contribution in [0.5, 0.6) is 5.75 Å². The lowest BCUT2D eigenvalue weighted by Gasteiger charge is -2.06. The van der Waals surface area contributed by atoms with Gasteiger partial charge in [-0.3, -0.25) is 0 Å². The lowest BCUT2D eigenvalue weighted by Crippen LogP contribution is -1.94. The molecule has 0 atom stereocenters. The van der Waals surface area contributed by atoms with Crippen LogP contribution < -0.4 is 4.74 Å². The maximum Gasteiger partial charge on any atom is 0.119 e. The van der Waals surface area contributed by atoms with Gasteiger partial charge in [-0.25, -0.2) is 9.97 Å². The third-order valence-corrected chi connectivity index (χ3v) is 2.95. The first kappa shape index (κ1) is 10.8. The minimum Gasteiger partial charge on any atom is -0.497 e. The minimum atomic E-state index is 0.831. The van der Waals surface area contributed by atoms with Gasteiger partial charge < -0.3 is 9.14 Å². The normalized spacial score (nSPS) is 10.8. The highest BCUT2D eigenvalue weighted by molar-refractivity contribution is 5.63. The highest BCUT2D eigenvalue weighted by Crippen LogP contribution is 2.23. The number of imidazole rings is 1. The fourth-order valence-electron chi connectivity index (χ4n) is 2.01. The zero-order valence-corrected chi connectivity index (χ0v) is 10.3. The fourth-order valence-corrected chi connectivity index (χ4v) is 2.01. The number of methoxy groups -OCH3 is 1. The van der Waals surface area contributed by atoms with Crippen LogP contribution in [0, 0.1) is 6.92 Å². The standard InChI is InChI=1S/C14H13N3O/c1-10-14-7-15-9-17(14)8-13(16-10)11-4-3-5-12(6-11)18-2/h3-9H,1-2H3. The van der Waals surface area contributed by atoms with Crippen LogP contribution in [-0.2, 0) is 0 Å². The summed E-state index contributed by atoms with van der Waals surface area (Å²) in [5.41, 5.74) is 3.94. The number of aryl methyl sites for hydroxylation is 1. The highest BCUT2D eigenvalue weighted by Gasteiger charge is 2.05. The molecule has 0 saturated heterocycles. The SMILES string of the molecule is COc1cccc(-c2cn3cncc3c(C)n2)c1. The summed E-state index contributed by atoms with van der Waals surface area (Å²) in [6.45, 7) is 1.99. The van der Waals surface area contributed by atoms with Gasteiger partial charge in [0, 0.05) is 11.8 Å². The second-order valence-electron chi connectivity index (χ2n) is 4.13. The molecule has 90 valence electrons. The molecule has 0 amide bonds. The molecule has 0 bridgehead atoms. The molecular formula is C14H13N3O. The van der Waals surface area contributed by atoms with Crippen LogP contribution in [-0.4, -0.2) is 21.5 Å². The van der Waals surface area contributed by atoms with Crippen LogP contribution in [0.15, 0.2) is 43.0 Å². The van der Waals surface area contributed by atoms with Crippen LogP contribution in [0.2, 0.25) is 0 Å². The molecule has 0 aliphatic rings. The monoisotopic (exact) mass is 239 g/mol. The number of benzene rings is 1. The van der Waals surface area contributed by atoms with Crippen LogP contribution in [0.4, 0.5) is 0 Å². The Kier molecular flexibility index (Phi) is 2.48. The van der Waals surface area contributed by atoms with E-state index in [9.17, 15) is 0 Å². The predicted octanol–water partition coefficient (Wildman–Crippen LogP) is 2.71. The quantitative estimate of drug-likeness (QED) is 0.690. The van der Waals surface area contributed by atoms with Crippen molar-refractivity contribution < 1.29 is 4.74 Å². The topological polar surface area (TPSA) is 39.4 Å². The van der Waals surface area contributed by atoms with Gasteiger partial charge in [-0.05, 0) is 19.1 Å². The molecule has 3 rings (SSSR count). The number of hydrogen-bond donors (Lipinski definition) is 0. The van der Waals surface area contributed by atoms with Gasteiger partial charge in [0.25, 0.3) is 0 Å². The number of nitrogens with zero attached hydrogens (tertiary/aromatic N) is 3. The van der Waals surface area contributed by atoms with E-state index in [0.717, 1.165) is 28.2 Å².